The second-order valence-electron chi connectivity index (χ2n) is 6.98. The lowest BCUT2D eigenvalue weighted by Gasteiger charge is -2.17. The molecule has 3 rings (SSSR count). The number of methoxy groups -OCH3 is 1. The third-order valence-corrected chi connectivity index (χ3v) is 4.62. The average Bonchev–Trinajstić information content (AvgIpc) is 3.19. The van der Waals surface area contributed by atoms with Crippen LogP contribution in [0.2, 0.25) is 0 Å². The van der Waals surface area contributed by atoms with Crippen molar-refractivity contribution in [2.24, 2.45) is 0 Å². The first-order valence-electron chi connectivity index (χ1n) is 9.82. The summed E-state index contributed by atoms with van der Waals surface area (Å²) >= 11 is 0. The van der Waals surface area contributed by atoms with E-state index in [0.717, 1.165) is 11.1 Å². The zero-order valence-electron chi connectivity index (χ0n) is 17.6. The van der Waals surface area contributed by atoms with Gasteiger partial charge < -0.3 is 14.4 Å². The van der Waals surface area contributed by atoms with Gasteiger partial charge in [-0.05, 0) is 30.2 Å². The highest BCUT2D eigenvalue weighted by Gasteiger charge is 2.13. The van der Waals surface area contributed by atoms with Crippen LogP contribution in [0.15, 0.2) is 67.0 Å². The Kier molecular flexibility index (Phi) is 7.27. The van der Waals surface area contributed by atoms with E-state index in [9.17, 15) is 4.79 Å². The first kappa shape index (κ1) is 21.2. The molecule has 30 heavy (non-hydrogen) atoms. The Labute approximate surface area is 177 Å². The topological polar surface area (TPSA) is 56.6 Å². The van der Waals surface area contributed by atoms with Gasteiger partial charge in [0.25, 0.3) is 5.91 Å². The summed E-state index contributed by atoms with van der Waals surface area (Å²) in [6.07, 6.45) is 7.68. The van der Waals surface area contributed by atoms with Gasteiger partial charge in [0.1, 0.15) is 0 Å². The van der Waals surface area contributed by atoms with Crippen molar-refractivity contribution in [3.05, 3.63) is 83.7 Å². The maximum absolute atomic E-state index is 12.5. The minimum absolute atomic E-state index is 0.0615. The number of likely N-dealkylation sites (N-methyl/N-ethyl adjacent to an activating group) is 1. The molecule has 0 spiro atoms. The summed E-state index contributed by atoms with van der Waals surface area (Å²) in [4.78, 5) is 14.1. The summed E-state index contributed by atoms with van der Waals surface area (Å²) in [5.74, 6) is 1.02. The molecular formula is C24H27N3O3. The largest absolute Gasteiger partial charge is 0.493 e. The van der Waals surface area contributed by atoms with Gasteiger partial charge in [0.05, 0.1) is 19.9 Å². The predicted molar refractivity (Wildman–Crippen MR) is 117 cm³/mol. The van der Waals surface area contributed by atoms with E-state index in [4.69, 9.17) is 9.47 Å². The molecule has 6 heteroatoms. The lowest BCUT2D eigenvalue weighted by atomic mass is 10.2. The first-order chi connectivity index (χ1) is 14.6. The molecule has 0 unspecified atom stereocenters. The Hall–Kier alpha value is -3.54. The first-order valence-corrected chi connectivity index (χ1v) is 9.82. The summed E-state index contributed by atoms with van der Waals surface area (Å²) in [6, 6.07) is 15.8. The summed E-state index contributed by atoms with van der Waals surface area (Å²) in [7, 11) is 3.34. The molecule has 6 nitrogen and oxygen atoms in total. The zero-order chi connectivity index (χ0) is 21.3. The van der Waals surface area contributed by atoms with Gasteiger partial charge in [0.2, 0.25) is 0 Å². The van der Waals surface area contributed by atoms with Gasteiger partial charge in [-0.2, -0.15) is 5.10 Å². The molecule has 0 aliphatic heterocycles. The van der Waals surface area contributed by atoms with Crippen LogP contribution in [-0.2, 0) is 17.9 Å². The highest BCUT2D eigenvalue weighted by molar-refractivity contribution is 5.77. The number of amides is 1. The number of hydrogen-bond acceptors (Lipinski definition) is 4. The molecule has 156 valence electrons. The Morgan fingerprint density at radius 1 is 1.13 bits per heavy atom. The van der Waals surface area contributed by atoms with Crippen LogP contribution < -0.4 is 9.47 Å². The molecule has 1 amide bonds. The molecule has 0 radical (unpaired) electrons. The highest BCUT2D eigenvalue weighted by atomic mass is 16.5. The van der Waals surface area contributed by atoms with Crippen LogP contribution in [0, 0.1) is 0 Å². The van der Waals surface area contributed by atoms with Crippen LogP contribution in [0.1, 0.15) is 23.6 Å². The second-order valence-corrected chi connectivity index (χ2v) is 6.98. The van der Waals surface area contributed by atoms with Gasteiger partial charge in [0.15, 0.2) is 18.1 Å². The maximum atomic E-state index is 12.5. The number of ether oxygens (including phenoxy) is 2. The minimum Gasteiger partial charge on any atom is -0.493 e. The summed E-state index contributed by atoms with van der Waals surface area (Å²) in [5, 5.41) is 4.39. The van der Waals surface area contributed by atoms with Gasteiger partial charge in [-0.3, -0.25) is 9.48 Å². The minimum atomic E-state index is -0.120. The number of rotatable bonds is 9. The van der Waals surface area contributed by atoms with Gasteiger partial charge in [-0.25, -0.2) is 0 Å². The molecule has 0 N–H and O–H groups in total. The third kappa shape index (κ3) is 5.73. The fourth-order valence-corrected chi connectivity index (χ4v) is 3.06. The number of carbonyl (C=O) groups excluding carboxylic acids is 1. The van der Waals surface area contributed by atoms with Crippen LogP contribution in [0.3, 0.4) is 0 Å². The van der Waals surface area contributed by atoms with E-state index in [1.54, 1.807) is 25.3 Å². The van der Waals surface area contributed by atoms with E-state index in [2.05, 4.69) is 17.2 Å². The molecule has 0 saturated carbocycles. The second kappa shape index (κ2) is 10.3. The van der Waals surface area contributed by atoms with Gasteiger partial charge in [-0.15, -0.1) is 0 Å². The molecule has 1 heterocycles. The van der Waals surface area contributed by atoms with Crippen LogP contribution in [0.25, 0.3) is 6.08 Å². The fraction of sp³-hybridized carbons (Fsp3) is 0.250. The number of benzene rings is 2. The van der Waals surface area contributed by atoms with E-state index in [0.29, 0.717) is 24.6 Å². The normalized spacial score (nSPS) is 10.9. The van der Waals surface area contributed by atoms with Crippen molar-refractivity contribution in [2.75, 3.05) is 20.8 Å². The standard InChI is InChI=1S/C24H27N3O3/c1-4-8-19-11-12-22(23(13-19)29-3)30-18-24(28)26(2)15-21-14-25-27(17-21)16-20-9-6-5-7-10-20/h4-14,17H,15-16,18H2,1-3H3/b8-4-. The molecule has 0 fully saturated rings. The molecule has 3 aromatic rings. The van der Waals surface area contributed by atoms with Crippen LogP contribution in [-0.4, -0.2) is 41.4 Å². The van der Waals surface area contributed by atoms with Crippen molar-refractivity contribution in [3.8, 4) is 11.5 Å². The summed E-state index contributed by atoms with van der Waals surface area (Å²) in [5.41, 5.74) is 3.16. The highest BCUT2D eigenvalue weighted by Crippen LogP contribution is 2.28. The molecule has 0 aliphatic carbocycles. The predicted octanol–water partition coefficient (Wildman–Crippen LogP) is 4.01. The fourth-order valence-electron chi connectivity index (χ4n) is 3.06. The van der Waals surface area contributed by atoms with Crippen molar-refractivity contribution in [3.63, 3.8) is 0 Å². The van der Waals surface area contributed by atoms with Crippen LogP contribution in [0.4, 0.5) is 0 Å². The van der Waals surface area contributed by atoms with Crippen molar-refractivity contribution in [2.45, 2.75) is 20.0 Å². The molecule has 1 aromatic heterocycles. The zero-order valence-corrected chi connectivity index (χ0v) is 17.6. The van der Waals surface area contributed by atoms with Gasteiger partial charge in [0, 0.05) is 25.4 Å². The number of nitrogens with zero attached hydrogens (tertiary/aromatic N) is 3. The molecule has 0 saturated heterocycles. The number of aromatic nitrogens is 2. The number of hydrogen-bond donors (Lipinski definition) is 0. The van der Waals surface area contributed by atoms with Gasteiger partial charge in [-0.1, -0.05) is 48.6 Å². The Bertz CT molecular complexity index is 996. The lowest BCUT2D eigenvalue weighted by molar-refractivity contribution is -0.132. The Balaban J connectivity index is 1.54. The summed E-state index contributed by atoms with van der Waals surface area (Å²) in [6.45, 7) is 3.06. The van der Waals surface area contributed by atoms with Crippen molar-refractivity contribution in [1.29, 1.82) is 0 Å². The molecule has 0 aliphatic rings. The van der Waals surface area contributed by atoms with Crippen molar-refractivity contribution in [1.82, 2.24) is 14.7 Å². The summed E-state index contributed by atoms with van der Waals surface area (Å²) < 4.78 is 13.0. The number of allylic oxidation sites excluding steroid dienone is 1. The Morgan fingerprint density at radius 2 is 1.93 bits per heavy atom. The molecule has 0 bridgehead atoms. The molecule has 2 aromatic carbocycles. The average molecular weight is 405 g/mol. The molecular weight excluding hydrogens is 378 g/mol. The van der Waals surface area contributed by atoms with Crippen LogP contribution >= 0.6 is 0 Å². The monoisotopic (exact) mass is 405 g/mol. The van der Waals surface area contributed by atoms with E-state index < -0.39 is 0 Å². The van der Waals surface area contributed by atoms with E-state index in [1.807, 2.05) is 66.4 Å². The van der Waals surface area contributed by atoms with Crippen LogP contribution in [0.5, 0.6) is 11.5 Å². The van der Waals surface area contributed by atoms with Gasteiger partial charge >= 0.3 is 0 Å². The Morgan fingerprint density at radius 3 is 2.67 bits per heavy atom. The SMILES string of the molecule is C/C=C\c1ccc(OCC(=O)N(C)Cc2cnn(Cc3ccccc3)c2)c(OC)c1. The maximum Gasteiger partial charge on any atom is 0.260 e. The van der Waals surface area contributed by atoms with Crippen molar-refractivity contribution >= 4 is 12.0 Å². The van der Waals surface area contributed by atoms with E-state index in [1.165, 1.54) is 5.56 Å². The van der Waals surface area contributed by atoms with E-state index in [-0.39, 0.29) is 12.5 Å². The van der Waals surface area contributed by atoms with E-state index >= 15 is 0 Å². The third-order valence-electron chi connectivity index (χ3n) is 4.62. The quantitative estimate of drug-likeness (QED) is 0.540. The molecule has 0 atom stereocenters. The smallest absolute Gasteiger partial charge is 0.260 e. The van der Waals surface area contributed by atoms with Crippen molar-refractivity contribution < 1.29 is 14.3 Å². The number of carbonyl (C=O) groups is 1. The lowest BCUT2D eigenvalue weighted by Crippen LogP contribution is -2.30.